The number of allylic oxidation sites excluding steroid dienone is 1. The average Bonchev–Trinajstić information content (AvgIpc) is 2.86. The molecule has 0 saturated carbocycles. The van der Waals surface area contributed by atoms with Gasteiger partial charge in [-0.05, 0) is 18.6 Å². The van der Waals surface area contributed by atoms with Gasteiger partial charge in [0, 0.05) is 19.2 Å². The van der Waals surface area contributed by atoms with E-state index in [-0.39, 0.29) is 0 Å². The van der Waals surface area contributed by atoms with Crippen LogP contribution < -0.4 is 4.90 Å². The molecule has 0 aliphatic carbocycles. The fourth-order valence-electron chi connectivity index (χ4n) is 1.34. The maximum atomic E-state index is 5.01. The Kier molecular flexibility index (Phi) is 2.76. The molecule has 0 spiro atoms. The van der Waals surface area contributed by atoms with Crippen LogP contribution in [-0.4, -0.2) is 22.2 Å². The van der Waals surface area contributed by atoms with E-state index in [0.29, 0.717) is 18.3 Å². The maximum absolute atomic E-state index is 5.01. The molecule has 0 aromatic carbocycles. The molecule has 2 rings (SSSR count). The van der Waals surface area contributed by atoms with Crippen molar-refractivity contribution in [1.82, 2.24) is 15.2 Å². The zero-order chi connectivity index (χ0) is 11.5. The highest BCUT2D eigenvalue weighted by Gasteiger charge is 2.09. The first-order valence-corrected chi connectivity index (χ1v) is 4.97. The summed E-state index contributed by atoms with van der Waals surface area (Å²) in [6, 6.07) is 1.92. The summed E-state index contributed by atoms with van der Waals surface area (Å²) in [6.45, 7) is 6.41. The van der Waals surface area contributed by atoms with Crippen molar-refractivity contribution in [2.45, 2.75) is 13.5 Å². The molecule has 2 heterocycles. The van der Waals surface area contributed by atoms with E-state index in [1.54, 1.807) is 12.5 Å². The third-order valence-electron chi connectivity index (χ3n) is 2.22. The van der Waals surface area contributed by atoms with Crippen molar-refractivity contribution in [2.75, 3.05) is 11.9 Å². The Morgan fingerprint density at radius 1 is 1.62 bits per heavy atom. The lowest BCUT2D eigenvalue weighted by molar-refractivity contribution is 0.563. The van der Waals surface area contributed by atoms with Gasteiger partial charge in [-0.2, -0.15) is 4.98 Å². The number of rotatable bonds is 4. The van der Waals surface area contributed by atoms with Crippen LogP contribution in [0.3, 0.4) is 0 Å². The first kappa shape index (κ1) is 10.5. The molecular formula is C11H14N4O. The van der Waals surface area contributed by atoms with Gasteiger partial charge in [-0.1, -0.05) is 6.58 Å². The van der Waals surface area contributed by atoms with Gasteiger partial charge in [0.1, 0.15) is 0 Å². The van der Waals surface area contributed by atoms with Gasteiger partial charge in [-0.3, -0.25) is 5.10 Å². The van der Waals surface area contributed by atoms with Crippen molar-refractivity contribution in [2.24, 2.45) is 0 Å². The van der Waals surface area contributed by atoms with E-state index in [0.717, 1.165) is 11.1 Å². The standard InChI is InChI=1S/C11H14N4O/c1-8(2)10-12-11(14-13-10)15(3)6-9-4-5-16-7-9/h4-5,7H,1,6H2,2-3H3,(H,12,13,14). The van der Waals surface area contributed by atoms with E-state index in [2.05, 4.69) is 21.8 Å². The van der Waals surface area contributed by atoms with E-state index in [9.17, 15) is 0 Å². The van der Waals surface area contributed by atoms with Crippen molar-refractivity contribution in [3.63, 3.8) is 0 Å². The highest BCUT2D eigenvalue weighted by atomic mass is 16.3. The third kappa shape index (κ3) is 2.13. The summed E-state index contributed by atoms with van der Waals surface area (Å²) in [4.78, 5) is 6.26. The number of H-pyrrole nitrogens is 1. The summed E-state index contributed by atoms with van der Waals surface area (Å²) in [5.41, 5.74) is 1.96. The van der Waals surface area contributed by atoms with Crippen LogP contribution in [-0.2, 0) is 6.54 Å². The molecular weight excluding hydrogens is 204 g/mol. The summed E-state index contributed by atoms with van der Waals surface area (Å²) in [7, 11) is 1.93. The van der Waals surface area contributed by atoms with Gasteiger partial charge in [-0.25, -0.2) is 0 Å². The van der Waals surface area contributed by atoms with Crippen LogP contribution in [0.5, 0.6) is 0 Å². The molecule has 5 heteroatoms. The predicted octanol–water partition coefficient (Wildman–Crippen LogP) is 2.07. The molecule has 0 amide bonds. The molecule has 2 aromatic rings. The number of nitrogens with zero attached hydrogens (tertiary/aromatic N) is 3. The molecule has 1 N–H and O–H groups in total. The van der Waals surface area contributed by atoms with Crippen molar-refractivity contribution in [3.05, 3.63) is 36.6 Å². The van der Waals surface area contributed by atoms with Crippen LogP contribution in [0.4, 0.5) is 5.95 Å². The van der Waals surface area contributed by atoms with Crippen molar-refractivity contribution in [1.29, 1.82) is 0 Å². The topological polar surface area (TPSA) is 58.0 Å². The number of nitrogens with one attached hydrogen (secondary N) is 1. The zero-order valence-corrected chi connectivity index (χ0v) is 9.40. The van der Waals surface area contributed by atoms with Crippen molar-refractivity contribution < 1.29 is 4.42 Å². The van der Waals surface area contributed by atoms with Gasteiger partial charge in [0.2, 0.25) is 5.95 Å². The van der Waals surface area contributed by atoms with E-state index < -0.39 is 0 Å². The highest BCUT2D eigenvalue weighted by molar-refractivity contribution is 5.55. The molecule has 84 valence electrons. The minimum absolute atomic E-state index is 0.652. The Bertz CT molecular complexity index is 472. The molecule has 0 unspecified atom stereocenters. The molecule has 0 bridgehead atoms. The highest BCUT2D eigenvalue weighted by Crippen LogP contribution is 2.13. The summed E-state index contributed by atoms with van der Waals surface area (Å²) in [5, 5.41) is 6.96. The third-order valence-corrected chi connectivity index (χ3v) is 2.22. The lowest BCUT2D eigenvalue weighted by Gasteiger charge is -2.12. The number of aromatic nitrogens is 3. The predicted molar refractivity (Wildman–Crippen MR) is 61.9 cm³/mol. The summed E-state index contributed by atoms with van der Waals surface area (Å²) in [5.74, 6) is 1.37. The number of hydrogen-bond acceptors (Lipinski definition) is 4. The summed E-state index contributed by atoms with van der Waals surface area (Å²) in [6.07, 6.45) is 3.36. The second-order valence-electron chi connectivity index (χ2n) is 3.75. The second kappa shape index (κ2) is 4.22. The van der Waals surface area contributed by atoms with E-state index in [1.807, 2.05) is 24.9 Å². The van der Waals surface area contributed by atoms with Crippen LogP contribution in [0.1, 0.15) is 18.3 Å². The molecule has 0 saturated heterocycles. The first-order valence-electron chi connectivity index (χ1n) is 4.97. The van der Waals surface area contributed by atoms with Gasteiger partial charge >= 0.3 is 0 Å². The second-order valence-corrected chi connectivity index (χ2v) is 3.75. The first-order chi connectivity index (χ1) is 7.66. The van der Waals surface area contributed by atoms with Gasteiger partial charge in [0.25, 0.3) is 0 Å². The van der Waals surface area contributed by atoms with Gasteiger partial charge in [0.15, 0.2) is 5.82 Å². The average molecular weight is 218 g/mol. The lowest BCUT2D eigenvalue weighted by Crippen LogP contribution is -2.17. The Morgan fingerprint density at radius 3 is 3.00 bits per heavy atom. The fourth-order valence-corrected chi connectivity index (χ4v) is 1.34. The quantitative estimate of drug-likeness (QED) is 0.853. The van der Waals surface area contributed by atoms with E-state index >= 15 is 0 Å². The smallest absolute Gasteiger partial charge is 0.245 e. The van der Waals surface area contributed by atoms with E-state index in [4.69, 9.17) is 4.42 Å². The van der Waals surface area contributed by atoms with Gasteiger partial charge in [-0.15, -0.1) is 5.10 Å². The van der Waals surface area contributed by atoms with Crippen molar-refractivity contribution >= 4 is 11.5 Å². The molecule has 0 fully saturated rings. The van der Waals surface area contributed by atoms with E-state index in [1.165, 1.54) is 0 Å². The molecule has 5 nitrogen and oxygen atoms in total. The molecule has 0 radical (unpaired) electrons. The maximum Gasteiger partial charge on any atom is 0.245 e. The molecule has 2 aromatic heterocycles. The van der Waals surface area contributed by atoms with Crippen LogP contribution in [0.2, 0.25) is 0 Å². The minimum atomic E-state index is 0.652. The number of anilines is 1. The van der Waals surface area contributed by atoms with Crippen LogP contribution in [0, 0.1) is 0 Å². The molecule has 0 atom stereocenters. The summed E-state index contributed by atoms with van der Waals surface area (Å²) >= 11 is 0. The Hall–Kier alpha value is -2.04. The Morgan fingerprint density at radius 2 is 2.44 bits per heavy atom. The SMILES string of the molecule is C=C(C)c1nc(N(C)Cc2ccoc2)n[nH]1. The largest absolute Gasteiger partial charge is 0.472 e. The molecule has 16 heavy (non-hydrogen) atoms. The lowest BCUT2D eigenvalue weighted by atomic mass is 10.3. The number of hydrogen-bond donors (Lipinski definition) is 1. The van der Waals surface area contributed by atoms with Crippen LogP contribution in [0.15, 0.2) is 29.6 Å². The zero-order valence-electron chi connectivity index (χ0n) is 9.40. The number of furan rings is 1. The number of aromatic amines is 1. The Balaban J connectivity index is 2.08. The van der Waals surface area contributed by atoms with Gasteiger partial charge < -0.3 is 9.32 Å². The fraction of sp³-hybridized carbons (Fsp3) is 0.273. The van der Waals surface area contributed by atoms with Gasteiger partial charge in [0.05, 0.1) is 12.5 Å². The summed E-state index contributed by atoms with van der Waals surface area (Å²) < 4.78 is 5.01. The van der Waals surface area contributed by atoms with Crippen molar-refractivity contribution in [3.8, 4) is 0 Å². The molecule has 0 aliphatic heterocycles. The molecule has 0 aliphatic rings. The minimum Gasteiger partial charge on any atom is -0.472 e. The monoisotopic (exact) mass is 218 g/mol. The normalized spacial score (nSPS) is 10.4. The van der Waals surface area contributed by atoms with Crippen LogP contribution in [0.25, 0.3) is 5.57 Å². The Labute approximate surface area is 93.8 Å². The van der Waals surface area contributed by atoms with Crippen LogP contribution >= 0.6 is 0 Å².